The quantitative estimate of drug-likeness (QED) is 0.433. The molecule has 0 unspecified atom stereocenters. The molecule has 8 heteroatoms. The minimum Gasteiger partial charge on any atom is -0.322 e. The molecule has 1 heterocycles. The van der Waals surface area contributed by atoms with Gasteiger partial charge in [0, 0.05) is 24.8 Å². The highest BCUT2D eigenvalue weighted by molar-refractivity contribution is 6.04. The van der Waals surface area contributed by atoms with Crippen molar-refractivity contribution < 1.29 is 9.72 Å². The normalized spacial score (nSPS) is 10.8. The Bertz CT molecular complexity index is 994. The van der Waals surface area contributed by atoms with Gasteiger partial charge in [-0.15, -0.1) is 10.2 Å². The molecule has 3 aromatic rings. The molecule has 3 rings (SSSR count). The lowest BCUT2D eigenvalue weighted by Gasteiger charge is -2.09. The molecule has 0 radical (unpaired) electrons. The van der Waals surface area contributed by atoms with Crippen LogP contribution in [-0.2, 0) is 11.8 Å². The van der Waals surface area contributed by atoms with Gasteiger partial charge in [0.1, 0.15) is 6.33 Å². The first-order chi connectivity index (χ1) is 12.6. The summed E-state index contributed by atoms with van der Waals surface area (Å²) in [4.78, 5) is 22.8. The van der Waals surface area contributed by atoms with Gasteiger partial charge in [0.05, 0.1) is 16.2 Å². The van der Waals surface area contributed by atoms with Crippen LogP contribution in [0.1, 0.15) is 5.56 Å². The SMILES string of the molecule is Cn1cnnc1-c1ccccc1NC(=O)/C=C/c1ccccc1[N+](=O)[O-]. The number of para-hydroxylation sites is 2. The number of carbonyl (C=O) groups is 1. The lowest BCUT2D eigenvalue weighted by atomic mass is 10.1. The summed E-state index contributed by atoms with van der Waals surface area (Å²) in [5, 5.41) is 21.7. The third-order valence-corrected chi connectivity index (χ3v) is 3.68. The number of aryl methyl sites for hydroxylation is 1. The molecule has 130 valence electrons. The Labute approximate surface area is 149 Å². The van der Waals surface area contributed by atoms with E-state index in [9.17, 15) is 14.9 Å². The van der Waals surface area contributed by atoms with Gasteiger partial charge in [0.25, 0.3) is 5.69 Å². The van der Waals surface area contributed by atoms with Crippen molar-refractivity contribution in [2.45, 2.75) is 0 Å². The number of nitro groups is 1. The van der Waals surface area contributed by atoms with Crippen molar-refractivity contribution in [2.75, 3.05) is 5.32 Å². The second-order valence-corrected chi connectivity index (χ2v) is 5.45. The third-order valence-electron chi connectivity index (χ3n) is 3.68. The van der Waals surface area contributed by atoms with E-state index in [0.29, 0.717) is 17.1 Å². The lowest BCUT2D eigenvalue weighted by molar-refractivity contribution is -0.385. The van der Waals surface area contributed by atoms with E-state index < -0.39 is 10.8 Å². The van der Waals surface area contributed by atoms with E-state index in [1.54, 1.807) is 41.2 Å². The molecule has 0 spiro atoms. The molecule has 26 heavy (non-hydrogen) atoms. The summed E-state index contributed by atoms with van der Waals surface area (Å²) < 4.78 is 1.74. The van der Waals surface area contributed by atoms with Crippen LogP contribution in [0.3, 0.4) is 0 Å². The van der Waals surface area contributed by atoms with Crippen LogP contribution < -0.4 is 5.32 Å². The number of hydrogen-bond acceptors (Lipinski definition) is 5. The second kappa shape index (κ2) is 7.39. The molecule has 0 aliphatic carbocycles. The molecule has 0 fully saturated rings. The Balaban J connectivity index is 1.82. The molecule has 8 nitrogen and oxygen atoms in total. The first kappa shape index (κ1) is 17.0. The number of aromatic nitrogens is 3. The maximum Gasteiger partial charge on any atom is 0.276 e. The number of amides is 1. The number of anilines is 1. The van der Waals surface area contributed by atoms with Crippen LogP contribution in [0.25, 0.3) is 17.5 Å². The molecule has 0 saturated heterocycles. The Morgan fingerprint density at radius 1 is 1.19 bits per heavy atom. The zero-order chi connectivity index (χ0) is 18.5. The largest absolute Gasteiger partial charge is 0.322 e. The average molecular weight is 349 g/mol. The molecule has 0 aliphatic rings. The van der Waals surface area contributed by atoms with Crippen LogP contribution in [0.15, 0.2) is 60.9 Å². The van der Waals surface area contributed by atoms with Crippen molar-refractivity contribution in [3.8, 4) is 11.4 Å². The van der Waals surface area contributed by atoms with Gasteiger partial charge in [0.2, 0.25) is 5.91 Å². The minimum absolute atomic E-state index is 0.0592. The van der Waals surface area contributed by atoms with Gasteiger partial charge in [-0.2, -0.15) is 0 Å². The average Bonchev–Trinajstić information content (AvgIpc) is 3.06. The summed E-state index contributed by atoms with van der Waals surface area (Å²) in [6.07, 6.45) is 4.25. The smallest absolute Gasteiger partial charge is 0.276 e. The molecule has 0 bridgehead atoms. The molecule has 1 N–H and O–H groups in total. The topological polar surface area (TPSA) is 103 Å². The van der Waals surface area contributed by atoms with Crippen LogP contribution in [0.4, 0.5) is 11.4 Å². The van der Waals surface area contributed by atoms with Crippen molar-refractivity contribution in [2.24, 2.45) is 7.05 Å². The van der Waals surface area contributed by atoms with Gasteiger partial charge in [-0.3, -0.25) is 14.9 Å². The van der Waals surface area contributed by atoms with Crippen LogP contribution in [-0.4, -0.2) is 25.6 Å². The summed E-state index contributed by atoms with van der Waals surface area (Å²) in [5.41, 5.74) is 1.59. The summed E-state index contributed by atoms with van der Waals surface area (Å²) in [6, 6.07) is 13.4. The summed E-state index contributed by atoms with van der Waals surface area (Å²) in [7, 11) is 1.81. The zero-order valence-electron chi connectivity index (χ0n) is 13.9. The zero-order valence-corrected chi connectivity index (χ0v) is 13.9. The molecule has 0 aliphatic heterocycles. The van der Waals surface area contributed by atoms with E-state index in [-0.39, 0.29) is 5.69 Å². The van der Waals surface area contributed by atoms with Crippen molar-refractivity contribution in [1.82, 2.24) is 14.8 Å². The van der Waals surface area contributed by atoms with E-state index in [2.05, 4.69) is 15.5 Å². The van der Waals surface area contributed by atoms with E-state index >= 15 is 0 Å². The summed E-state index contributed by atoms with van der Waals surface area (Å²) in [6.45, 7) is 0. The third kappa shape index (κ3) is 3.64. The molecule has 2 aromatic carbocycles. The Morgan fingerprint density at radius 2 is 1.92 bits per heavy atom. The number of carbonyl (C=O) groups excluding carboxylic acids is 1. The number of nitrogens with zero attached hydrogens (tertiary/aromatic N) is 4. The maximum absolute atomic E-state index is 12.3. The van der Waals surface area contributed by atoms with Crippen molar-refractivity contribution in [3.63, 3.8) is 0 Å². The monoisotopic (exact) mass is 349 g/mol. The van der Waals surface area contributed by atoms with Crippen molar-refractivity contribution >= 4 is 23.4 Å². The van der Waals surface area contributed by atoms with Crippen molar-refractivity contribution in [1.29, 1.82) is 0 Å². The Kier molecular flexibility index (Phi) is 4.84. The van der Waals surface area contributed by atoms with Gasteiger partial charge in [-0.25, -0.2) is 0 Å². The van der Waals surface area contributed by atoms with Gasteiger partial charge in [-0.05, 0) is 24.3 Å². The molecule has 0 saturated carbocycles. The predicted octanol–water partition coefficient (Wildman–Crippen LogP) is 3.04. The fourth-order valence-corrected chi connectivity index (χ4v) is 2.45. The number of benzene rings is 2. The minimum atomic E-state index is -0.485. The summed E-state index contributed by atoms with van der Waals surface area (Å²) >= 11 is 0. The van der Waals surface area contributed by atoms with Gasteiger partial charge in [-0.1, -0.05) is 24.3 Å². The molecular formula is C18H15N5O3. The number of hydrogen-bond donors (Lipinski definition) is 1. The van der Waals surface area contributed by atoms with Crippen LogP contribution in [0, 0.1) is 10.1 Å². The van der Waals surface area contributed by atoms with E-state index in [1.807, 2.05) is 19.2 Å². The lowest BCUT2D eigenvalue weighted by Crippen LogP contribution is -2.09. The number of rotatable bonds is 5. The number of nitrogens with one attached hydrogen (secondary N) is 1. The highest BCUT2D eigenvalue weighted by Crippen LogP contribution is 2.25. The molecule has 1 aromatic heterocycles. The Morgan fingerprint density at radius 3 is 2.65 bits per heavy atom. The number of nitro benzene ring substituents is 1. The van der Waals surface area contributed by atoms with Crippen LogP contribution in [0.2, 0.25) is 0 Å². The maximum atomic E-state index is 12.3. The van der Waals surface area contributed by atoms with Crippen LogP contribution in [0.5, 0.6) is 0 Å². The Hall–Kier alpha value is -3.81. The second-order valence-electron chi connectivity index (χ2n) is 5.45. The standard InChI is InChI=1S/C18H15N5O3/c1-22-12-19-21-18(22)14-7-3-4-8-15(14)20-17(24)11-10-13-6-2-5-9-16(13)23(25)26/h2-12H,1H3,(H,20,24)/b11-10+. The van der Waals surface area contributed by atoms with Gasteiger partial charge in [0.15, 0.2) is 5.82 Å². The highest BCUT2D eigenvalue weighted by atomic mass is 16.6. The first-order valence-electron chi connectivity index (χ1n) is 7.72. The highest BCUT2D eigenvalue weighted by Gasteiger charge is 2.12. The van der Waals surface area contributed by atoms with E-state index in [0.717, 1.165) is 5.56 Å². The van der Waals surface area contributed by atoms with Crippen molar-refractivity contribution in [3.05, 3.63) is 76.6 Å². The van der Waals surface area contributed by atoms with Gasteiger partial charge < -0.3 is 9.88 Å². The van der Waals surface area contributed by atoms with Crippen LogP contribution >= 0.6 is 0 Å². The molecule has 0 atom stereocenters. The predicted molar refractivity (Wildman–Crippen MR) is 97.2 cm³/mol. The van der Waals surface area contributed by atoms with E-state index in [4.69, 9.17) is 0 Å². The summed E-state index contributed by atoms with van der Waals surface area (Å²) in [5.74, 6) is 0.210. The van der Waals surface area contributed by atoms with E-state index in [1.165, 1.54) is 18.2 Å². The molecule has 1 amide bonds. The molecular weight excluding hydrogens is 334 g/mol. The fourth-order valence-electron chi connectivity index (χ4n) is 2.45. The first-order valence-corrected chi connectivity index (χ1v) is 7.72. The fraction of sp³-hybridized carbons (Fsp3) is 0.0556. The van der Waals surface area contributed by atoms with Gasteiger partial charge >= 0.3 is 0 Å².